The van der Waals surface area contributed by atoms with Crippen LogP contribution < -0.4 is 0 Å². The average molecular weight is 210 g/mol. The fourth-order valence-corrected chi connectivity index (χ4v) is 1.02. The first-order valence-corrected chi connectivity index (χ1v) is 4.59. The monoisotopic (exact) mass is 210 g/mol. The lowest BCUT2D eigenvalue weighted by Crippen LogP contribution is -2.18. The van der Waals surface area contributed by atoms with E-state index in [0.717, 1.165) is 0 Å². The number of aromatic amines is 1. The first kappa shape index (κ1) is 11.5. The number of carbonyl (C=O) groups excluding carboxylic acids is 1. The normalized spacial score (nSPS) is 12.9. The molecule has 0 saturated heterocycles. The molecule has 1 aromatic heterocycles. The Labute approximate surface area is 88.1 Å². The van der Waals surface area contributed by atoms with Gasteiger partial charge in [-0.1, -0.05) is 0 Å². The Morgan fingerprint density at radius 1 is 1.73 bits per heavy atom. The molecule has 1 unspecified atom stereocenters. The van der Waals surface area contributed by atoms with Crippen molar-refractivity contribution in [2.45, 2.75) is 13.0 Å². The number of H-pyrrole nitrogens is 1. The third-order valence-electron chi connectivity index (χ3n) is 1.62. The van der Waals surface area contributed by atoms with Crippen molar-refractivity contribution < 1.29 is 14.3 Å². The van der Waals surface area contributed by atoms with Crippen LogP contribution in [-0.4, -0.2) is 35.8 Å². The number of ether oxygens (including phenoxy) is 2. The van der Waals surface area contributed by atoms with E-state index in [-0.39, 0.29) is 6.10 Å². The number of nitrogens with zero attached hydrogens (tertiary/aromatic N) is 1. The molecular formula is C10H14N2O3. The lowest BCUT2D eigenvalue weighted by Gasteiger charge is -2.09. The summed E-state index contributed by atoms with van der Waals surface area (Å²) in [6, 6.07) is 0. The van der Waals surface area contributed by atoms with Crippen LogP contribution in [0.25, 0.3) is 6.08 Å². The predicted octanol–water partition coefficient (Wildman–Crippen LogP) is 1.00. The lowest BCUT2D eigenvalue weighted by atomic mass is 10.4. The maximum Gasteiger partial charge on any atom is 0.331 e. The number of hydrogen-bond acceptors (Lipinski definition) is 4. The molecule has 1 aromatic rings. The minimum absolute atomic E-state index is 0.247. The molecule has 0 aliphatic rings. The largest absolute Gasteiger partial charge is 0.457 e. The van der Waals surface area contributed by atoms with Crippen LogP contribution in [0.4, 0.5) is 0 Å². The van der Waals surface area contributed by atoms with Gasteiger partial charge in [0.05, 0.1) is 6.61 Å². The molecule has 5 heteroatoms. The van der Waals surface area contributed by atoms with Crippen molar-refractivity contribution in [1.29, 1.82) is 0 Å². The summed E-state index contributed by atoms with van der Waals surface area (Å²) in [4.78, 5) is 18.0. The fourth-order valence-electron chi connectivity index (χ4n) is 1.02. The Hall–Kier alpha value is -1.62. The smallest absolute Gasteiger partial charge is 0.331 e. The minimum atomic E-state index is -0.407. The van der Waals surface area contributed by atoms with E-state index < -0.39 is 5.97 Å². The van der Waals surface area contributed by atoms with Gasteiger partial charge in [-0.15, -0.1) is 0 Å². The van der Waals surface area contributed by atoms with Crippen molar-refractivity contribution in [3.63, 3.8) is 0 Å². The average Bonchev–Trinajstić information content (AvgIpc) is 2.67. The van der Waals surface area contributed by atoms with E-state index in [9.17, 15) is 4.79 Å². The molecule has 1 rings (SSSR count). The Kier molecular flexibility index (Phi) is 4.56. The van der Waals surface area contributed by atoms with Gasteiger partial charge in [-0.3, -0.25) is 0 Å². The molecule has 82 valence electrons. The molecule has 15 heavy (non-hydrogen) atoms. The van der Waals surface area contributed by atoms with Crippen molar-refractivity contribution in [3.05, 3.63) is 24.3 Å². The lowest BCUT2D eigenvalue weighted by molar-refractivity contribution is -0.144. The van der Waals surface area contributed by atoms with Gasteiger partial charge in [0, 0.05) is 25.6 Å². The summed E-state index contributed by atoms with van der Waals surface area (Å²) < 4.78 is 9.83. The van der Waals surface area contributed by atoms with Gasteiger partial charge in [-0.05, 0) is 13.0 Å². The van der Waals surface area contributed by atoms with Crippen LogP contribution in [0.3, 0.4) is 0 Å². The summed E-state index contributed by atoms with van der Waals surface area (Å²) in [7, 11) is 1.56. The van der Waals surface area contributed by atoms with E-state index in [1.165, 1.54) is 6.08 Å². The molecule has 0 aliphatic carbocycles. The Bertz CT molecular complexity index is 319. The Balaban J connectivity index is 2.36. The van der Waals surface area contributed by atoms with Crippen LogP contribution in [0.2, 0.25) is 0 Å². The van der Waals surface area contributed by atoms with E-state index in [2.05, 4.69) is 9.97 Å². The van der Waals surface area contributed by atoms with Gasteiger partial charge >= 0.3 is 5.97 Å². The Morgan fingerprint density at radius 2 is 2.53 bits per heavy atom. The molecule has 0 aliphatic heterocycles. The molecular weight excluding hydrogens is 196 g/mol. The van der Waals surface area contributed by atoms with E-state index in [4.69, 9.17) is 9.47 Å². The minimum Gasteiger partial charge on any atom is -0.457 e. The second kappa shape index (κ2) is 5.98. The highest BCUT2D eigenvalue weighted by Gasteiger charge is 2.05. The molecule has 5 nitrogen and oxygen atoms in total. The molecule has 0 fully saturated rings. The predicted molar refractivity (Wildman–Crippen MR) is 55.1 cm³/mol. The van der Waals surface area contributed by atoms with Gasteiger partial charge in [0.15, 0.2) is 0 Å². The van der Waals surface area contributed by atoms with Crippen molar-refractivity contribution >= 4 is 12.0 Å². The molecule has 0 aromatic carbocycles. The van der Waals surface area contributed by atoms with Crippen LogP contribution in [0.5, 0.6) is 0 Å². The fraction of sp³-hybridized carbons (Fsp3) is 0.400. The first-order valence-electron chi connectivity index (χ1n) is 4.59. The molecule has 0 radical (unpaired) electrons. The Morgan fingerprint density at radius 3 is 3.13 bits per heavy atom. The third kappa shape index (κ3) is 4.42. The van der Waals surface area contributed by atoms with E-state index in [0.29, 0.717) is 12.4 Å². The molecule has 0 saturated carbocycles. The quantitative estimate of drug-likeness (QED) is 0.581. The summed E-state index contributed by atoms with van der Waals surface area (Å²) >= 11 is 0. The summed E-state index contributed by atoms with van der Waals surface area (Å²) in [5.74, 6) is 0.210. The number of esters is 1. The second-order valence-electron chi connectivity index (χ2n) is 3.01. The summed E-state index contributed by atoms with van der Waals surface area (Å²) in [5.41, 5.74) is 0. The highest BCUT2D eigenvalue weighted by atomic mass is 16.6. The third-order valence-corrected chi connectivity index (χ3v) is 1.62. The summed E-state index contributed by atoms with van der Waals surface area (Å²) in [6.07, 6.45) is 5.92. The van der Waals surface area contributed by atoms with Crippen LogP contribution >= 0.6 is 0 Å². The standard InChI is InChI=1S/C10H14N2O3/c1-8(7-14-2)15-10(13)4-3-9-11-5-6-12-9/h3-6,8H,7H2,1-2H3,(H,11,12)/b4-3+. The van der Waals surface area contributed by atoms with Crippen molar-refractivity contribution in [1.82, 2.24) is 9.97 Å². The number of hydrogen-bond donors (Lipinski definition) is 1. The maximum absolute atomic E-state index is 11.2. The van der Waals surface area contributed by atoms with Gasteiger partial charge in [0.25, 0.3) is 0 Å². The van der Waals surface area contributed by atoms with Crippen LogP contribution in [0, 0.1) is 0 Å². The van der Waals surface area contributed by atoms with E-state index in [1.54, 1.807) is 32.5 Å². The van der Waals surface area contributed by atoms with Gasteiger partial charge in [-0.25, -0.2) is 9.78 Å². The number of carbonyl (C=O) groups is 1. The molecule has 1 atom stereocenters. The van der Waals surface area contributed by atoms with Gasteiger partial charge in [0.2, 0.25) is 0 Å². The van der Waals surface area contributed by atoms with Crippen LogP contribution in [0.15, 0.2) is 18.5 Å². The zero-order valence-electron chi connectivity index (χ0n) is 8.77. The van der Waals surface area contributed by atoms with Crippen molar-refractivity contribution in [2.75, 3.05) is 13.7 Å². The van der Waals surface area contributed by atoms with Crippen LogP contribution in [-0.2, 0) is 14.3 Å². The summed E-state index contributed by atoms with van der Waals surface area (Å²) in [6.45, 7) is 2.16. The first-order chi connectivity index (χ1) is 7.22. The molecule has 0 spiro atoms. The van der Waals surface area contributed by atoms with Crippen LogP contribution in [0.1, 0.15) is 12.7 Å². The van der Waals surface area contributed by atoms with Gasteiger partial charge < -0.3 is 14.5 Å². The number of methoxy groups -OCH3 is 1. The van der Waals surface area contributed by atoms with Gasteiger partial charge in [0.1, 0.15) is 11.9 Å². The highest BCUT2D eigenvalue weighted by molar-refractivity contribution is 5.86. The van der Waals surface area contributed by atoms with Gasteiger partial charge in [-0.2, -0.15) is 0 Å². The zero-order valence-corrected chi connectivity index (χ0v) is 8.77. The topological polar surface area (TPSA) is 64.2 Å². The molecule has 1 N–H and O–H groups in total. The van der Waals surface area contributed by atoms with E-state index in [1.807, 2.05) is 0 Å². The molecule has 1 heterocycles. The maximum atomic E-state index is 11.2. The number of aromatic nitrogens is 2. The number of rotatable bonds is 5. The highest BCUT2D eigenvalue weighted by Crippen LogP contribution is 1.96. The SMILES string of the molecule is COCC(C)OC(=O)/C=C/c1ncc[nH]1. The second-order valence-corrected chi connectivity index (χ2v) is 3.01. The molecule has 0 amide bonds. The summed E-state index contributed by atoms with van der Waals surface area (Å²) in [5, 5.41) is 0. The zero-order chi connectivity index (χ0) is 11.1. The van der Waals surface area contributed by atoms with E-state index >= 15 is 0 Å². The van der Waals surface area contributed by atoms with Crippen molar-refractivity contribution in [3.8, 4) is 0 Å². The number of imidazole rings is 1. The van der Waals surface area contributed by atoms with Crippen molar-refractivity contribution in [2.24, 2.45) is 0 Å². The number of nitrogens with one attached hydrogen (secondary N) is 1. The molecule has 0 bridgehead atoms.